The first-order valence-corrected chi connectivity index (χ1v) is 3.15. The number of carbonyl (C=O) groups excluding carboxylic acids is 1. The van der Waals surface area contributed by atoms with Crippen molar-refractivity contribution in [2.45, 2.75) is 0 Å². The smallest absolute Gasteiger partial charge is 0.358 e. The van der Waals surface area contributed by atoms with E-state index in [9.17, 15) is 4.79 Å². The van der Waals surface area contributed by atoms with Crippen molar-refractivity contribution in [3.05, 3.63) is 18.1 Å². The number of esters is 1. The molecule has 0 aliphatic carbocycles. The maximum atomic E-state index is 10.8. The second-order valence-corrected chi connectivity index (χ2v) is 1.92. The Labute approximate surface area is 68.7 Å². The Hall–Kier alpha value is -1.69. The Morgan fingerprint density at radius 2 is 2.33 bits per heavy atom. The first kappa shape index (κ1) is 8.41. The Morgan fingerprint density at radius 3 is 2.75 bits per heavy atom. The van der Waals surface area contributed by atoms with Crippen LogP contribution in [0.2, 0.25) is 0 Å². The van der Waals surface area contributed by atoms with Crippen LogP contribution in [0.15, 0.2) is 12.4 Å². The Bertz CT molecular complexity index is 271. The van der Waals surface area contributed by atoms with Gasteiger partial charge in [0.15, 0.2) is 11.5 Å². The van der Waals surface area contributed by atoms with Gasteiger partial charge in [-0.15, -0.1) is 0 Å². The average molecular weight is 168 g/mol. The van der Waals surface area contributed by atoms with Crippen LogP contribution >= 0.6 is 0 Å². The van der Waals surface area contributed by atoms with E-state index in [-0.39, 0.29) is 5.69 Å². The lowest BCUT2D eigenvalue weighted by molar-refractivity contribution is 0.0593. The summed E-state index contributed by atoms with van der Waals surface area (Å²) in [5.74, 6) is 4.91. The fourth-order valence-electron chi connectivity index (χ4n) is 0.613. The largest absolute Gasteiger partial charge is 0.464 e. The molecule has 6 heteroatoms. The van der Waals surface area contributed by atoms with Crippen molar-refractivity contribution >= 4 is 11.8 Å². The zero-order chi connectivity index (χ0) is 8.97. The molecule has 0 unspecified atom stereocenters. The van der Waals surface area contributed by atoms with Crippen LogP contribution in [-0.4, -0.2) is 23.0 Å². The maximum absolute atomic E-state index is 10.8. The zero-order valence-electron chi connectivity index (χ0n) is 6.44. The lowest BCUT2D eigenvalue weighted by Gasteiger charge is -1.99. The van der Waals surface area contributed by atoms with Crippen molar-refractivity contribution in [3.8, 4) is 0 Å². The molecule has 1 heterocycles. The second kappa shape index (κ2) is 3.63. The van der Waals surface area contributed by atoms with Crippen molar-refractivity contribution < 1.29 is 9.53 Å². The van der Waals surface area contributed by atoms with Gasteiger partial charge in [0.1, 0.15) is 0 Å². The average Bonchev–Trinajstić information content (AvgIpc) is 2.17. The summed E-state index contributed by atoms with van der Waals surface area (Å²) in [4.78, 5) is 18.3. The van der Waals surface area contributed by atoms with E-state index in [1.165, 1.54) is 19.5 Å². The van der Waals surface area contributed by atoms with Gasteiger partial charge in [-0.1, -0.05) is 0 Å². The highest BCUT2D eigenvalue weighted by Gasteiger charge is 2.06. The van der Waals surface area contributed by atoms with Gasteiger partial charge in [-0.25, -0.2) is 20.6 Å². The van der Waals surface area contributed by atoms with Crippen LogP contribution in [0, 0.1) is 0 Å². The van der Waals surface area contributed by atoms with Crippen LogP contribution in [0.5, 0.6) is 0 Å². The van der Waals surface area contributed by atoms with Crippen LogP contribution in [0.4, 0.5) is 5.82 Å². The van der Waals surface area contributed by atoms with E-state index in [4.69, 9.17) is 5.84 Å². The molecule has 1 rings (SSSR count). The Morgan fingerprint density at radius 1 is 1.58 bits per heavy atom. The fraction of sp³-hybridized carbons (Fsp3) is 0.167. The van der Waals surface area contributed by atoms with E-state index in [1.807, 2.05) is 0 Å². The lowest BCUT2D eigenvalue weighted by atomic mass is 10.4. The number of methoxy groups -OCH3 is 1. The van der Waals surface area contributed by atoms with Gasteiger partial charge >= 0.3 is 5.97 Å². The molecule has 3 N–H and O–H groups in total. The van der Waals surface area contributed by atoms with Crippen molar-refractivity contribution in [2.24, 2.45) is 5.84 Å². The van der Waals surface area contributed by atoms with E-state index in [1.54, 1.807) is 0 Å². The normalized spacial score (nSPS) is 9.17. The molecular weight excluding hydrogens is 160 g/mol. The number of nitrogens with two attached hydrogens (primary N) is 1. The first-order valence-electron chi connectivity index (χ1n) is 3.15. The molecule has 64 valence electrons. The van der Waals surface area contributed by atoms with Crippen molar-refractivity contribution in [1.29, 1.82) is 0 Å². The molecule has 0 amide bonds. The van der Waals surface area contributed by atoms with E-state index >= 15 is 0 Å². The number of hydrazine groups is 1. The minimum absolute atomic E-state index is 0.150. The number of rotatable bonds is 2. The molecule has 0 saturated carbocycles. The van der Waals surface area contributed by atoms with E-state index in [2.05, 4.69) is 20.1 Å². The van der Waals surface area contributed by atoms with Gasteiger partial charge in [-0.05, 0) is 0 Å². The zero-order valence-corrected chi connectivity index (χ0v) is 6.44. The molecule has 0 fully saturated rings. The lowest BCUT2D eigenvalue weighted by Crippen LogP contribution is -2.11. The highest BCUT2D eigenvalue weighted by atomic mass is 16.5. The van der Waals surface area contributed by atoms with E-state index < -0.39 is 5.97 Å². The third-order valence-electron chi connectivity index (χ3n) is 1.19. The fourth-order valence-corrected chi connectivity index (χ4v) is 0.613. The third-order valence-corrected chi connectivity index (χ3v) is 1.19. The molecular formula is C6H8N4O2. The molecule has 0 radical (unpaired) electrons. The van der Waals surface area contributed by atoms with Gasteiger partial charge in [0.05, 0.1) is 19.5 Å². The number of nitrogen functional groups attached to an aromatic ring is 1. The number of nitrogens with one attached hydrogen (secondary N) is 1. The predicted octanol–water partition coefficient (Wildman–Crippen LogP) is -0.451. The molecule has 1 aromatic rings. The summed E-state index contributed by atoms with van der Waals surface area (Å²) >= 11 is 0. The Kier molecular flexibility index (Phi) is 2.54. The number of ether oxygens (including phenoxy) is 1. The number of hydrogen-bond donors (Lipinski definition) is 2. The SMILES string of the molecule is COC(=O)c1cnc(NN)cn1. The molecule has 0 aliphatic rings. The topological polar surface area (TPSA) is 90.1 Å². The maximum Gasteiger partial charge on any atom is 0.358 e. The van der Waals surface area contributed by atoms with Gasteiger partial charge in [0.25, 0.3) is 0 Å². The van der Waals surface area contributed by atoms with Crippen LogP contribution in [-0.2, 0) is 4.74 Å². The second-order valence-electron chi connectivity index (χ2n) is 1.92. The van der Waals surface area contributed by atoms with Crippen molar-refractivity contribution in [1.82, 2.24) is 9.97 Å². The molecule has 0 aromatic carbocycles. The van der Waals surface area contributed by atoms with Crippen LogP contribution in [0.25, 0.3) is 0 Å². The van der Waals surface area contributed by atoms with Gasteiger partial charge in [-0.2, -0.15) is 0 Å². The summed E-state index contributed by atoms with van der Waals surface area (Å²) < 4.78 is 4.42. The van der Waals surface area contributed by atoms with E-state index in [0.29, 0.717) is 5.82 Å². The van der Waals surface area contributed by atoms with Crippen molar-refractivity contribution in [2.75, 3.05) is 12.5 Å². The van der Waals surface area contributed by atoms with Crippen molar-refractivity contribution in [3.63, 3.8) is 0 Å². The number of anilines is 1. The molecule has 0 aliphatic heterocycles. The number of carbonyl (C=O) groups is 1. The number of aromatic nitrogens is 2. The summed E-state index contributed by atoms with van der Waals surface area (Å²) in [6.07, 6.45) is 2.62. The third kappa shape index (κ3) is 1.67. The minimum Gasteiger partial charge on any atom is -0.464 e. The predicted molar refractivity (Wildman–Crippen MR) is 41.2 cm³/mol. The number of hydrogen-bond acceptors (Lipinski definition) is 6. The quantitative estimate of drug-likeness (QED) is 0.353. The summed E-state index contributed by atoms with van der Waals surface area (Å²) in [6, 6.07) is 0. The minimum atomic E-state index is -0.522. The molecule has 12 heavy (non-hydrogen) atoms. The van der Waals surface area contributed by atoms with Gasteiger partial charge in [0, 0.05) is 0 Å². The molecule has 1 aromatic heterocycles. The standard InChI is InChI=1S/C6H8N4O2/c1-12-6(11)4-2-9-5(10-7)3-8-4/h2-3H,7H2,1H3,(H,9,10). The van der Waals surface area contributed by atoms with Gasteiger partial charge in [-0.3, -0.25) is 0 Å². The summed E-state index contributed by atoms with van der Waals surface area (Å²) in [6.45, 7) is 0. The van der Waals surface area contributed by atoms with Gasteiger partial charge in [0.2, 0.25) is 0 Å². The van der Waals surface area contributed by atoms with Crippen LogP contribution in [0.3, 0.4) is 0 Å². The monoisotopic (exact) mass is 168 g/mol. The first-order chi connectivity index (χ1) is 5.77. The number of nitrogens with zero attached hydrogens (tertiary/aromatic N) is 2. The summed E-state index contributed by atoms with van der Waals surface area (Å²) in [7, 11) is 1.28. The Balaban J connectivity index is 2.84. The highest BCUT2D eigenvalue weighted by molar-refractivity contribution is 5.86. The molecule has 0 saturated heterocycles. The van der Waals surface area contributed by atoms with Crippen LogP contribution in [0.1, 0.15) is 10.5 Å². The molecule has 0 bridgehead atoms. The summed E-state index contributed by atoms with van der Waals surface area (Å²) in [5.41, 5.74) is 2.43. The molecule has 6 nitrogen and oxygen atoms in total. The van der Waals surface area contributed by atoms with Crippen LogP contribution < -0.4 is 11.3 Å². The highest BCUT2D eigenvalue weighted by Crippen LogP contribution is 1.99. The summed E-state index contributed by atoms with van der Waals surface area (Å²) in [5, 5.41) is 0. The van der Waals surface area contributed by atoms with Gasteiger partial charge < -0.3 is 10.2 Å². The van der Waals surface area contributed by atoms with E-state index in [0.717, 1.165) is 0 Å². The molecule has 0 spiro atoms. The molecule has 0 atom stereocenters.